The van der Waals surface area contributed by atoms with Crippen LogP contribution in [0.15, 0.2) is 18.2 Å². The van der Waals surface area contributed by atoms with Gasteiger partial charge in [-0.3, -0.25) is 10.1 Å². The van der Waals surface area contributed by atoms with Crippen molar-refractivity contribution >= 4 is 11.7 Å². The van der Waals surface area contributed by atoms with Gasteiger partial charge in [0.2, 0.25) is 0 Å². The fourth-order valence-electron chi connectivity index (χ4n) is 2.14. The summed E-state index contributed by atoms with van der Waals surface area (Å²) < 4.78 is 6.30. The third-order valence-corrected chi connectivity index (χ3v) is 3.11. The maximum atomic E-state index is 11.2. The van der Waals surface area contributed by atoms with Crippen molar-refractivity contribution in [2.24, 2.45) is 0 Å². The number of aryl methyl sites for hydroxylation is 1. The van der Waals surface area contributed by atoms with Crippen LogP contribution in [0.4, 0.5) is 5.69 Å². The molecule has 0 aliphatic rings. The van der Waals surface area contributed by atoms with Crippen LogP contribution in [0.3, 0.4) is 0 Å². The van der Waals surface area contributed by atoms with Crippen molar-refractivity contribution in [2.75, 3.05) is 7.11 Å². The van der Waals surface area contributed by atoms with E-state index < -0.39 is 10.9 Å². The predicted octanol–water partition coefficient (Wildman–Crippen LogP) is 2.10. The van der Waals surface area contributed by atoms with E-state index in [0.717, 1.165) is 0 Å². The Morgan fingerprint density at radius 2 is 2.10 bits per heavy atom. The molecule has 8 heteroatoms. The van der Waals surface area contributed by atoms with Crippen LogP contribution < -0.4 is 4.74 Å². The largest absolute Gasteiger partial charge is 0.497 e. The molecule has 0 aliphatic heterocycles. The summed E-state index contributed by atoms with van der Waals surface area (Å²) in [4.78, 5) is 21.8. The molecule has 1 heterocycles. The molecule has 8 nitrogen and oxygen atoms in total. The first-order valence-electron chi connectivity index (χ1n) is 5.99. The van der Waals surface area contributed by atoms with Crippen molar-refractivity contribution in [3.05, 3.63) is 45.3 Å². The Labute approximate surface area is 119 Å². The van der Waals surface area contributed by atoms with Gasteiger partial charge >= 0.3 is 5.97 Å². The van der Waals surface area contributed by atoms with Crippen LogP contribution in [-0.2, 0) is 0 Å². The lowest BCUT2D eigenvalue weighted by atomic mass is 10.2. The van der Waals surface area contributed by atoms with Crippen LogP contribution in [0, 0.1) is 24.0 Å². The van der Waals surface area contributed by atoms with Gasteiger partial charge in [-0.25, -0.2) is 9.48 Å². The van der Waals surface area contributed by atoms with E-state index >= 15 is 0 Å². The summed E-state index contributed by atoms with van der Waals surface area (Å²) in [5.74, 6) is -0.707. The number of methoxy groups -OCH3 is 1. The molecule has 0 aliphatic carbocycles. The summed E-state index contributed by atoms with van der Waals surface area (Å²) in [7, 11) is 1.44. The summed E-state index contributed by atoms with van der Waals surface area (Å²) in [5.41, 5.74) is 0.617. The molecular weight excluding hydrogens is 278 g/mol. The van der Waals surface area contributed by atoms with Gasteiger partial charge < -0.3 is 9.84 Å². The lowest BCUT2D eigenvalue weighted by Crippen LogP contribution is -2.05. The van der Waals surface area contributed by atoms with Crippen molar-refractivity contribution in [1.29, 1.82) is 0 Å². The molecule has 0 saturated heterocycles. The average Bonchev–Trinajstić information content (AvgIpc) is 2.72. The predicted molar refractivity (Wildman–Crippen MR) is 73.2 cm³/mol. The molecule has 0 bridgehead atoms. The zero-order valence-electron chi connectivity index (χ0n) is 11.7. The van der Waals surface area contributed by atoms with Crippen molar-refractivity contribution in [3.63, 3.8) is 0 Å². The van der Waals surface area contributed by atoms with Crippen molar-refractivity contribution in [3.8, 4) is 11.4 Å². The molecule has 1 aromatic heterocycles. The summed E-state index contributed by atoms with van der Waals surface area (Å²) >= 11 is 0. The highest BCUT2D eigenvalue weighted by atomic mass is 16.6. The molecule has 2 aromatic rings. The van der Waals surface area contributed by atoms with E-state index in [2.05, 4.69) is 5.10 Å². The summed E-state index contributed by atoms with van der Waals surface area (Å²) in [6.45, 7) is 3.09. The number of carbonyl (C=O) groups is 1. The maximum Gasteiger partial charge on any atom is 0.339 e. The fourth-order valence-corrected chi connectivity index (χ4v) is 2.14. The Kier molecular flexibility index (Phi) is 3.62. The number of aromatic nitrogens is 2. The van der Waals surface area contributed by atoms with Gasteiger partial charge in [0.15, 0.2) is 0 Å². The van der Waals surface area contributed by atoms with E-state index in [0.29, 0.717) is 11.4 Å². The Balaban J connectivity index is 2.74. The van der Waals surface area contributed by atoms with Gasteiger partial charge in [-0.2, -0.15) is 5.10 Å². The highest BCUT2D eigenvalue weighted by Gasteiger charge is 2.23. The van der Waals surface area contributed by atoms with Gasteiger partial charge in [0.05, 0.1) is 23.4 Å². The number of benzene rings is 1. The first-order valence-corrected chi connectivity index (χ1v) is 5.99. The number of nitro benzene ring substituents is 1. The Hall–Kier alpha value is -2.90. The normalized spacial score (nSPS) is 10.4. The highest BCUT2D eigenvalue weighted by molar-refractivity contribution is 5.90. The Morgan fingerprint density at radius 3 is 2.57 bits per heavy atom. The topological polar surface area (TPSA) is 107 Å². The molecule has 21 heavy (non-hydrogen) atoms. The third kappa shape index (κ3) is 2.42. The van der Waals surface area contributed by atoms with Crippen LogP contribution in [0.2, 0.25) is 0 Å². The van der Waals surface area contributed by atoms with Crippen LogP contribution in [-0.4, -0.2) is 32.9 Å². The van der Waals surface area contributed by atoms with E-state index in [9.17, 15) is 20.0 Å². The van der Waals surface area contributed by atoms with Crippen LogP contribution in [0.1, 0.15) is 21.7 Å². The van der Waals surface area contributed by atoms with Gasteiger partial charge in [-0.05, 0) is 19.9 Å². The number of aromatic carboxylic acids is 1. The standard InChI is InChI=1S/C13H13N3O5/c1-7-12(13(17)18)8(2)15(14-7)11-6-9(21-3)4-5-10(11)16(19)20/h4-6H,1-3H3,(H,17,18). The van der Waals surface area contributed by atoms with E-state index in [1.807, 2.05) is 0 Å². The van der Waals surface area contributed by atoms with Crippen LogP contribution in [0.25, 0.3) is 5.69 Å². The molecule has 0 saturated carbocycles. The summed E-state index contributed by atoms with van der Waals surface area (Å²) in [5, 5.41) is 24.4. The molecule has 0 unspecified atom stereocenters. The molecular formula is C13H13N3O5. The molecule has 0 radical (unpaired) electrons. The quantitative estimate of drug-likeness (QED) is 0.682. The van der Waals surface area contributed by atoms with Crippen LogP contribution >= 0.6 is 0 Å². The number of nitro groups is 1. The van der Waals surface area contributed by atoms with Crippen molar-refractivity contribution < 1.29 is 19.6 Å². The number of carboxylic acids is 1. The molecule has 1 aromatic carbocycles. The zero-order valence-corrected chi connectivity index (χ0v) is 11.7. The van der Waals surface area contributed by atoms with Gasteiger partial charge in [-0.15, -0.1) is 0 Å². The number of hydrogen-bond donors (Lipinski definition) is 1. The minimum atomic E-state index is -1.12. The third-order valence-electron chi connectivity index (χ3n) is 3.11. The lowest BCUT2D eigenvalue weighted by molar-refractivity contribution is -0.384. The van der Waals surface area contributed by atoms with Gasteiger partial charge in [-0.1, -0.05) is 0 Å². The smallest absolute Gasteiger partial charge is 0.339 e. The van der Waals surface area contributed by atoms with Crippen LogP contribution in [0.5, 0.6) is 5.75 Å². The minimum absolute atomic E-state index is 0.0344. The lowest BCUT2D eigenvalue weighted by Gasteiger charge is -2.07. The second-order valence-corrected chi connectivity index (χ2v) is 4.37. The maximum absolute atomic E-state index is 11.2. The molecule has 110 valence electrons. The van der Waals surface area contributed by atoms with Gasteiger partial charge in [0.1, 0.15) is 17.0 Å². The summed E-state index contributed by atoms with van der Waals surface area (Å²) in [6, 6.07) is 4.21. The monoisotopic (exact) mass is 291 g/mol. The SMILES string of the molecule is COc1ccc([N+](=O)[O-])c(-n2nc(C)c(C(=O)O)c2C)c1. The Morgan fingerprint density at radius 1 is 1.43 bits per heavy atom. The molecule has 0 amide bonds. The zero-order chi connectivity index (χ0) is 15.7. The highest BCUT2D eigenvalue weighted by Crippen LogP contribution is 2.29. The average molecular weight is 291 g/mol. The number of rotatable bonds is 4. The fraction of sp³-hybridized carbons (Fsp3) is 0.231. The van der Waals surface area contributed by atoms with E-state index in [1.54, 1.807) is 13.8 Å². The molecule has 0 atom stereocenters. The second-order valence-electron chi connectivity index (χ2n) is 4.37. The molecule has 2 rings (SSSR count). The van der Waals surface area contributed by atoms with E-state index in [1.165, 1.54) is 30.0 Å². The number of ether oxygens (including phenoxy) is 1. The summed E-state index contributed by atoms with van der Waals surface area (Å²) in [6.07, 6.45) is 0. The van der Waals surface area contributed by atoms with E-state index in [4.69, 9.17) is 4.74 Å². The molecule has 1 N–H and O–H groups in total. The van der Waals surface area contributed by atoms with E-state index in [-0.39, 0.29) is 22.6 Å². The molecule has 0 spiro atoms. The molecule has 0 fully saturated rings. The Bertz CT molecular complexity index is 736. The number of nitrogens with zero attached hydrogens (tertiary/aromatic N) is 3. The van der Waals surface area contributed by atoms with Gasteiger partial charge in [0, 0.05) is 12.1 Å². The first kappa shape index (κ1) is 14.5. The van der Waals surface area contributed by atoms with Crippen molar-refractivity contribution in [1.82, 2.24) is 9.78 Å². The minimum Gasteiger partial charge on any atom is -0.497 e. The number of carboxylic acid groups (broad SMARTS) is 1. The number of hydrogen-bond acceptors (Lipinski definition) is 5. The first-order chi connectivity index (χ1) is 9.86. The van der Waals surface area contributed by atoms with Crippen molar-refractivity contribution in [2.45, 2.75) is 13.8 Å². The van der Waals surface area contributed by atoms with Gasteiger partial charge in [0.25, 0.3) is 5.69 Å². The second kappa shape index (κ2) is 5.23.